The molecule has 4 aromatic rings. The molecule has 2 aromatic carbocycles. The predicted octanol–water partition coefficient (Wildman–Crippen LogP) is 5.80. The van der Waals surface area contributed by atoms with Gasteiger partial charge in [0.2, 0.25) is 0 Å². The van der Waals surface area contributed by atoms with Gasteiger partial charge in [-0.3, -0.25) is 0 Å². The first-order valence-electron chi connectivity index (χ1n) is 10.9. The van der Waals surface area contributed by atoms with Crippen LogP contribution in [0.25, 0.3) is 32.8 Å². The molecule has 0 aliphatic heterocycles. The van der Waals surface area contributed by atoms with Gasteiger partial charge < -0.3 is 14.8 Å². The van der Waals surface area contributed by atoms with Crippen molar-refractivity contribution in [1.82, 2.24) is 14.5 Å². The van der Waals surface area contributed by atoms with Gasteiger partial charge in [0.25, 0.3) is 0 Å². The summed E-state index contributed by atoms with van der Waals surface area (Å²) in [5.74, 6) is 0. The second-order valence-corrected chi connectivity index (χ2v) is 7.99. The average molecular weight is 389 g/mol. The Hall–Kier alpha value is -2.59. The van der Waals surface area contributed by atoms with Crippen molar-refractivity contribution >= 4 is 38.5 Å². The number of hydrogen-bond donors (Lipinski definition) is 1. The molecule has 4 rings (SSSR count). The molecule has 0 saturated heterocycles. The Kier molecular flexibility index (Phi) is 5.72. The molecule has 0 aliphatic rings. The molecule has 0 bridgehead atoms. The molecule has 4 nitrogen and oxygen atoms in total. The lowest BCUT2D eigenvalue weighted by Gasteiger charge is -2.21. The number of para-hydroxylation sites is 2. The Bertz CT molecular complexity index is 1120. The van der Waals surface area contributed by atoms with E-state index in [1.54, 1.807) is 0 Å². The minimum atomic E-state index is 0.401. The third kappa shape index (κ3) is 3.69. The number of pyridine rings is 1. The van der Waals surface area contributed by atoms with E-state index in [1.165, 1.54) is 40.5 Å². The fourth-order valence-electron chi connectivity index (χ4n) is 4.43. The first-order chi connectivity index (χ1) is 14.1. The van der Waals surface area contributed by atoms with Crippen LogP contribution in [0.4, 0.5) is 5.69 Å². The van der Waals surface area contributed by atoms with Crippen molar-refractivity contribution in [2.24, 2.45) is 7.05 Å². The molecular weight excluding hydrogens is 356 g/mol. The molecule has 0 unspecified atom stereocenters. The Morgan fingerprint density at radius 1 is 1.00 bits per heavy atom. The van der Waals surface area contributed by atoms with E-state index in [0.717, 1.165) is 30.5 Å². The van der Waals surface area contributed by atoms with Crippen LogP contribution in [0, 0.1) is 0 Å². The predicted molar refractivity (Wildman–Crippen MR) is 126 cm³/mol. The maximum atomic E-state index is 5.03. The summed E-state index contributed by atoms with van der Waals surface area (Å²) in [4.78, 5) is 7.53. The van der Waals surface area contributed by atoms with Crippen LogP contribution in [0.3, 0.4) is 0 Å². The van der Waals surface area contributed by atoms with E-state index < -0.39 is 0 Å². The van der Waals surface area contributed by atoms with Gasteiger partial charge in [0.15, 0.2) is 0 Å². The van der Waals surface area contributed by atoms with E-state index in [1.807, 2.05) is 0 Å². The number of nitrogens with one attached hydrogen (secondary N) is 1. The number of rotatable bonds is 8. The maximum absolute atomic E-state index is 5.03. The van der Waals surface area contributed by atoms with Crippen LogP contribution >= 0.6 is 0 Å². The van der Waals surface area contributed by atoms with Crippen LogP contribution in [0.2, 0.25) is 0 Å². The van der Waals surface area contributed by atoms with Crippen LogP contribution < -0.4 is 5.32 Å². The van der Waals surface area contributed by atoms with Crippen LogP contribution in [-0.2, 0) is 7.05 Å². The minimum Gasteiger partial charge on any atom is -0.380 e. The SMILES string of the molecule is CCN(CC)CCC[C@H](C)Nc1c2ccccc2nc2c3ccccc3n(C)c12. The third-order valence-corrected chi connectivity index (χ3v) is 6.12. The summed E-state index contributed by atoms with van der Waals surface area (Å²) in [6, 6.07) is 17.4. The van der Waals surface area contributed by atoms with Crippen molar-refractivity contribution in [3.05, 3.63) is 48.5 Å². The van der Waals surface area contributed by atoms with Crippen molar-refractivity contribution in [1.29, 1.82) is 0 Å². The van der Waals surface area contributed by atoms with E-state index in [9.17, 15) is 0 Å². The average Bonchev–Trinajstić information content (AvgIpc) is 3.03. The molecule has 2 heterocycles. The number of aromatic nitrogens is 2. The molecule has 0 spiro atoms. The Morgan fingerprint density at radius 3 is 2.45 bits per heavy atom. The van der Waals surface area contributed by atoms with Gasteiger partial charge >= 0.3 is 0 Å². The van der Waals surface area contributed by atoms with Crippen molar-refractivity contribution in [2.45, 2.75) is 39.7 Å². The maximum Gasteiger partial charge on any atom is 0.0988 e. The van der Waals surface area contributed by atoms with Crippen molar-refractivity contribution in [3.63, 3.8) is 0 Å². The zero-order chi connectivity index (χ0) is 20.4. The molecule has 0 amide bonds. The number of aryl methyl sites for hydroxylation is 1. The van der Waals surface area contributed by atoms with Crippen LogP contribution in [0.15, 0.2) is 48.5 Å². The highest BCUT2D eigenvalue weighted by atomic mass is 15.1. The van der Waals surface area contributed by atoms with Gasteiger partial charge in [-0.15, -0.1) is 0 Å². The number of benzene rings is 2. The summed E-state index contributed by atoms with van der Waals surface area (Å²) in [6.45, 7) is 10.2. The molecule has 1 N–H and O–H groups in total. The smallest absolute Gasteiger partial charge is 0.0988 e. The number of anilines is 1. The lowest BCUT2D eigenvalue weighted by Crippen LogP contribution is -2.25. The minimum absolute atomic E-state index is 0.401. The van der Waals surface area contributed by atoms with Crippen LogP contribution in [0.5, 0.6) is 0 Å². The molecule has 0 fully saturated rings. The van der Waals surface area contributed by atoms with Gasteiger partial charge in [0.1, 0.15) is 0 Å². The van der Waals surface area contributed by atoms with Gasteiger partial charge in [0, 0.05) is 23.9 Å². The Balaban J connectivity index is 1.73. The molecule has 0 aliphatic carbocycles. The Morgan fingerprint density at radius 2 is 1.69 bits per heavy atom. The molecule has 152 valence electrons. The summed E-state index contributed by atoms with van der Waals surface area (Å²) in [5, 5.41) is 6.27. The molecule has 0 saturated carbocycles. The van der Waals surface area contributed by atoms with Crippen LogP contribution in [-0.4, -0.2) is 40.1 Å². The highest BCUT2D eigenvalue weighted by Gasteiger charge is 2.17. The van der Waals surface area contributed by atoms with Crippen LogP contribution in [0.1, 0.15) is 33.6 Å². The largest absolute Gasteiger partial charge is 0.380 e. The summed E-state index contributed by atoms with van der Waals surface area (Å²) >= 11 is 0. The molecule has 1 atom stereocenters. The zero-order valence-corrected chi connectivity index (χ0v) is 18.1. The zero-order valence-electron chi connectivity index (χ0n) is 18.1. The second kappa shape index (κ2) is 8.42. The van der Waals surface area contributed by atoms with Crippen molar-refractivity contribution < 1.29 is 0 Å². The summed E-state index contributed by atoms with van der Waals surface area (Å²) in [6.07, 6.45) is 2.36. The summed E-state index contributed by atoms with van der Waals surface area (Å²) < 4.78 is 2.29. The number of nitrogens with zero attached hydrogens (tertiary/aromatic N) is 3. The lowest BCUT2D eigenvalue weighted by atomic mass is 10.1. The highest BCUT2D eigenvalue weighted by Crippen LogP contribution is 2.36. The molecule has 0 radical (unpaired) electrons. The summed E-state index contributed by atoms with van der Waals surface area (Å²) in [5.41, 5.74) is 5.76. The van der Waals surface area contributed by atoms with Gasteiger partial charge in [-0.2, -0.15) is 0 Å². The standard InChI is InChI=1S/C25H32N4/c1-5-29(6-2)17-11-12-18(3)26-23-19-13-7-9-15-21(19)27-24-20-14-8-10-16-22(20)28(4)25(23)24/h7-10,13-16,18H,5-6,11-12,17H2,1-4H3,(H,26,27)/t18-/m0/s1. The van der Waals surface area contributed by atoms with E-state index in [-0.39, 0.29) is 0 Å². The second-order valence-electron chi connectivity index (χ2n) is 7.99. The van der Waals surface area contributed by atoms with Gasteiger partial charge in [-0.1, -0.05) is 50.2 Å². The Labute approximate surface area is 173 Å². The third-order valence-electron chi connectivity index (χ3n) is 6.12. The highest BCUT2D eigenvalue weighted by molar-refractivity contribution is 6.16. The van der Waals surface area contributed by atoms with Gasteiger partial charge in [-0.05, 0) is 51.5 Å². The van der Waals surface area contributed by atoms with Gasteiger partial charge in [0.05, 0.1) is 27.8 Å². The van der Waals surface area contributed by atoms with Gasteiger partial charge in [-0.25, -0.2) is 4.98 Å². The van der Waals surface area contributed by atoms with Crippen molar-refractivity contribution in [3.8, 4) is 0 Å². The monoisotopic (exact) mass is 388 g/mol. The molecule has 2 aromatic heterocycles. The first-order valence-corrected chi connectivity index (χ1v) is 10.9. The quantitative estimate of drug-likeness (QED) is 0.414. The molecule has 4 heteroatoms. The van der Waals surface area contributed by atoms with E-state index in [0.29, 0.717) is 6.04 Å². The first kappa shape index (κ1) is 19.7. The molecular formula is C25H32N4. The fourth-order valence-corrected chi connectivity index (χ4v) is 4.43. The van der Waals surface area contributed by atoms with Crippen molar-refractivity contribution in [2.75, 3.05) is 25.0 Å². The van der Waals surface area contributed by atoms with E-state index in [2.05, 4.69) is 91.1 Å². The van der Waals surface area contributed by atoms with E-state index in [4.69, 9.17) is 4.98 Å². The summed E-state index contributed by atoms with van der Waals surface area (Å²) in [7, 11) is 2.15. The topological polar surface area (TPSA) is 33.1 Å². The normalized spacial score (nSPS) is 13.0. The number of fused-ring (bicyclic) bond motifs is 4. The molecule has 29 heavy (non-hydrogen) atoms. The lowest BCUT2D eigenvalue weighted by molar-refractivity contribution is 0.295. The number of hydrogen-bond acceptors (Lipinski definition) is 3. The van der Waals surface area contributed by atoms with E-state index >= 15 is 0 Å². The fraction of sp³-hybridized carbons (Fsp3) is 0.400.